The molecule has 1 aromatic heterocycles. The Kier molecular flexibility index (Phi) is 5.75. The first-order valence-electron chi connectivity index (χ1n) is 8.45. The van der Waals surface area contributed by atoms with Crippen molar-refractivity contribution in [3.8, 4) is 5.75 Å². The van der Waals surface area contributed by atoms with Crippen LogP contribution in [0.4, 0.5) is 11.5 Å². The smallest absolute Gasteiger partial charge is 0.275 e. The molecule has 1 aromatic carbocycles. The van der Waals surface area contributed by atoms with E-state index in [9.17, 15) is 9.59 Å². The Morgan fingerprint density at radius 3 is 2.44 bits per heavy atom. The van der Waals surface area contributed by atoms with Crippen LogP contribution in [0.25, 0.3) is 0 Å². The van der Waals surface area contributed by atoms with Crippen LogP contribution in [0.15, 0.2) is 30.6 Å². The van der Waals surface area contributed by atoms with Gasteiger partial charge in [0.1, 0.15) is 17.3 Å². The van der Waals surface area contributed by atoms with Crippen molar-refractivity contribution in [2.45, 2.75) is 6.92 Å². The van der Waals surface area contributed by atoms with E-state index in [1.807, 2.05) is 4.90 Å². The summed E-state index contributed by atoms with van der Waals surface area (Å²) in [4.78, 5) is 36.1. The van der Waals surface area contributed by atoms with Gasteiger partial charge in [-0.1, -0.05) is 11.6 Å². The van der Waals surface area contributed by atoms with Crippen molar-refractivity contribution in [1.29, 1.82) is 0 Å². The Labute approximate surface area is 162 Å². The molecule has 1 aliphatic heterocycles. The highest BCUT2D eigenvalue weighted by Crippen LogP contribution is 2.27. The zero-order valence-electron chi connectivity index (χ0n) is 15.1. The van der Waals surface area contributed by atoms with Gasteiger partial charge in [-0.15, -0.1) is 0 Å². The summed E-state index contributed by atoms with van der Waals surface area (Å²) >= 11 is 6.06. The Morgan fingerprint density at radius 1 is 1.15 bits per heavy atom. The molecule has 1 saturated heterocycles. The van der Waals surface area contributed by atoms with Crippen LogP contribution in [0.5, 0.6) is 5.75 Å². The highest BCUT2D eigenvalue weighted by Gasteiger charge is 2.20. The molecule has 1 N–H and O–H groups in total. The molecule has 8 nitrogen and oxygen atoms in total. The largest absolute Gasteiger partial charge is 0.495 e. The summed E-state index contributed by atoms with van der Waals surface area (Å²) < 4.78 is 5.09. The van der Waals surface area contributed by atoms with Crippen LogP contribution in [-0.4, -0.2) is 60.0 Å². The topological polar surface area (TPSA) is 87.7 Å². The third-order valence-electron chi connectivity index (χ3n) is 4.33. The van der Waals surface area contributed by atoms with Crippen LogP contribution in [-0.2, 0) is 4.79 Å². The first-order chi connectivity index (χ1) is 13.0. The van der Waals surface area contributed by atoms with Crippen molar-refractivity contribution in [1.82, 2.24) is 14.9 Å². The fourth-order valence-electron chi connectivity index (χ4n) is 2.79. The average molecular weight is 390 g/mol. The molecule has 9 heteroatoms. The van der Waals surface area contributed by atoms with E-state index in [-0.39, 0.29) is 17.5 Å². The van der Waals surface area contributed by atoms with E-state index in [4.69, 9.17) is 16.3 Å². The Hall–Kier alpha value is -2.87. The normalized spacial score (nSPS) is 14.0. The molecule has 0 aliphatic carbocycles. The minimum absolute atomic E-state index is 0.0754. The van der Waals surface area contributed by atoms with Crippen molar-refractivity contribution in [2.75, 3.05) is 43.5 Å². The SMILES string of the molecule is COc1ccc(NC(=O)c2cnc(N3CCN(C(C)=O)CC3)cn2)cc1Cl. The molecule has 2 amide bonds. The second-order valence-electron chi connectivity index (χ2n) is 6.06. The van der Waals surface area contributed by atoms with Gasteiger partial charge in [-0.25, -0.2) is 9.97 Å². The fraction of sp³-hybridized carbons (Fsp3) is 0.333. The van der Waals surface area contributed by atoms with E-state index < -0.39 is 0 Å². The second-order valence-corrected chi connectivity index (χ2v) is 6.46. The molecule has 0 spiro atoms. The summed E-state index contributed by atoms with van der Waals surface area (Å²) in [7, 11) is 1.52. The lowest BCUT2D eigenvalue weighted by atomic mass is 10.3. The van der Waals surface area contributed by atoms with E-state index in [0.717, 1.165) is 0 Å². The molecule has 1 fully saturated rings. The first kappa shape index (κ1) is 18.9. The lowest BCUT2D eigenvalue weighted by Crippen LogP contribution is -2.48. The number of piperazine rings is 1. The van der Waals surface area contributed by atoms with Crippen molar-refractivity contribution >= 4 is 34.9 Å². The molecule has 2 aromatic rings. The van der Waals surface area contributed by atoms with Gasteiger partial charge >= 0.3 is 0 Å². The fourth-order valence-corrected chi connectivity index (χ4v) is 3.05. The first-order valence-corrected chi connectivity index (χ1v) is 8.83. The molecule has 2 heterocycles. The molecular formula is C18H20ClN5O3. The van der Waals surface area contributed by atoms with E-state index >= 15 is 0 Å². The lowest BCUT2D eigenvalue weighted by Gasteiger charge is -2.34. The van der Waals surface area contributed by atoms with Crippen molar-refractivity contribution in [3.05, 3.63) is 41.3 Å². The molecule has 142 valence electrons. The standard InChI is InChI=1S/C18H20ClN5O3/c1-12(25)23-5-7-24(8-6-23)17-11-20-15(10-21-17)18(26)22-13-3-4-16(27-2)14(19)9-13/h3-4,9-11H,5-8H2,1-2H3,(H,22,26). The molecule has 0 radical (unpaired) electrons. The van der Waals surface area contributed by atoms with Crippen LogP contribution in [0.3, 0.4) is 0 Å². The summed E-state index contributed by atoms with van der Waals surface area (Å²) in [5.74, 6) is 0.911. The number of rotatable bonds is 4. The minimum Gasteiger partial charge on any atom is -0.495 e. The Morgan fingerprint density at radius 2 is 1.89 bits per heavy atom. The van der Waals surface area contributed by atoms with E-state index in [1.165, 1.54) is 13.3 Å². The van der Waals surface area contributed by atoms with Crippen LogP contribution in [0.1, 0.15) is 17.4 Å². The molecule has 27 heavy (non-hydrogen) atoms. The zero-order chi connectivity index (χ0) is 19.4. The van der Waals surface area contributed by atoms with Crippen LogP contribution < -0.4 is 15.0 Å². The quantitative estimate of drug-likeness (QED) is 0.861. The van der Waals surface area contributed by atoms with Gasteiger partial charge in [0.15, 0.2) is 0 Å². The predicted octanol–water partition coefficient (Wildman–Crippen LogP) is 2.06. The van der Waals surface area contributed by atoms with Crippen LogP contribution >= 0.6 is 11.6 Å². The van der Waals surface area contributed by atoms with Crippen LogP contribution in [0, 0.1) is 0 Å². The zero-order valence-corrected chi connectivity index (χ0v) is 15.9. The third-order valence-corrected chi connectivity index (χ3v) is 4.62. The maximum atomic E-state index is 12.3. The number of anilines is 2. The highest BCUT2D eigenvalue weighted by molar-refractivity contribution is 6.32. The number of carbonyl (C=O) groups is 2. The number of aromatic nitrogens is 2. The number of ether oxygens (including phenoxy) is 1. The number of methoxy groups -OCH3 is 1. The summed E-state index contributed by atoms with van der Waals surface area (Å²) in [5, 5.41) is 3.13. The van der Waals surface area contributed by atoms with E-state index in [2.05, 4.69) is 15.3 Å². The number of hydrogen-bond acceptors (Lipinski definition) is 6. The van der Waals surface area contributed by atoms with E-state index in [0.29, 0.717) is 48.5 Å². The van der Waals surface area contributed by atoms with Crippen molar-refractivity contribution in [3.63, 3.8) is 0 Å². The van der Waals surface area contributed by atoms with Gasteiger partial charge in [-0.2, -0.15) is 0 Å². The van der Waals surface area contributed by atoms with Gasteiger partial charge in [0.25, 0.3) is 5.91 Å². The summed E-state index contributed by atoms with van der Waals surface area (Å²) in [6.07, 6.45) is 3.01. The molecule has 3 rings (SSSR count). The van der Waals surface area contributed by atoms with Gasteiger partial charge in [0.2, 0.25) is 5.91 Å². The maximum absolute atomic E-state index is 12.3. The minimum atomic E-state index is -0.378. The van der Waals surface area contributed by atoms with E-state index in [1.54, 1.807) is 36.2 Å². The number of nitrogens with zero attached hydrogens (tertiary/aromatic N) is 4. The number of carbonyl (C=O) groups excluding carboxylic acids is 2. The average Bonchev–Trinajstić information content (AvgIpc) is 2.68. The molecular weight excluding hydrogens is 370 g/mol. The monoisotopic (exact) mass is 389 g/mol. The second kappa shape index (κ2) is 8.22. The van der Waals surface area contributed by atoms with Gasteiger partial charge < -0.3 is 19.9 Å². The molecule has 1 aliphatic rings. The molecule has 0 atom stereocenters. The highest BCUT2D eigenvalue weighted by atomic mass is 35.5. The number of hydrogen-bond donors (Lipinski definition) is 1. The summed E-state index contributed by atoms with van der Waals surface area (Å²) in [6.45, 7) is 4.24. The number of nitrogens with one attached hydrogen (secondary N) is 1. The molecule has 0 unspecified atom stereocenters. The third kappa shape index (κ3) is 4.46. The Bertz CT molecular complexity index is 835. The van der Waals surface area contributed by atoms with Crippen LogP contribution in [0.2, 0.25) is 5.02 Å². The summed E-state index contributed by atoms with van der Waals surface area (Å²) in [6, 6.07) is 4.97. The van der Waals surface area contributed by atoms with Gasteiger partial charge in [0, 0.05) is 38.8 Å². The number of halogens is 1. The maximum Gasteiger partial charge on any atom is 0.275 e. The number of benzene rings is 1. The lowest BCUT2D eigenvalue weighted by molar-refractivity contribution is -0.129. The molecule has 0 bridgehead atoms. The summed E-state index contributed by atoms with van der Waals surface area (Å²) in [5.41, 5.74) is 0.741. The van der Waals surface area contributed by atoms with Crippen molar-refractivity contribution in [2.24, 2.45) is 0 Å². The van der Waals surface area contributed by atoms with Gasteiger partial charge in [0.05, 0.1) is 24.5 Å². The molecule has 0 saturated carbocycles. The van der Waals surface area contributed by atoms with Gasteiger partial charge in [-0.05, 0) is 18.2 Å². The number of amides is 2. The van der Waals surface area contributed by atoms with Gasteiger partial charge in [-0.3, -0.25) is 9.59 Å². The Balaban J connectivity index is 1.62. The predicted molar refractivity (Wildman–Crippen MR) is 102 cm³/mol. The van der Waals surface area contributed by atoms with Crippen molar-refractivity contribution < 1.29 is 14.3 Å².